The number of pyridine rings is 2. The molecule has 0 unspecified atom stereocenters. The van der Waals surface area contributed by atoms with Crippen molar-refractivity contribution in [3.05, 3.63) is 46.3 Å². The number of aromatic nitrogens is 2. The van der Waals surface area contributed by atoms with Gasteiger partial charge < -0.3 is 14.4 Å². The van der Waals surface area contributed by atoms with Gasteiger partial charge in [-0.25, -0.2) is 14.8 Å². The van der Waals surface area contributed by atoms with E-state index in [0.29, 0.717) is 67.3 Å². The second-order valence-electron chi connectivity index (χ2n) is 10.2. The van der Waals surface area contributed by atoms with Gasteiger partial charge in [0.2, 0.25) is 0 Å². The molecule has 2 aromatic heterocycles. The van der Waals surface area contributed by atoms with Crippen LogP contribution >= 0.6 is 0 Å². The Labute approximate surface area is 227 Å². The molecule has 2 aliphatic heterocycles. The molecule has 3 aliphatic rings. The molecular weight excluding hydrogens is 500 g/mol. The molecule has 4 heterocycles. The lowest BCUT2D eigenvalue weighted by atomic mass is 9.77. The van der Waals surface area contributed by atoms with Gasteiger partial charge in [-0.1, -0.05) is 0 Å². The largest absolute Gasteiger partial charge is 0.381 e. The van der Waals surface area contributed by atoms with E-state index in [2.05, 4.69) is 21.4 Å². The van der Waals surface area contributed by atoms with Crippen LogP contribution in [0.3, 0.4) is 0 Å². The molecular formula is C28H32N6O5. The number of rotatable bonds is 8. The Hall–Kier alpha value is -3.88. The first kappa shape index (κ1) is 26.7. The summed E-state index contributed by atoms with van der Waals surface area (Å²) >= 11 is 0. The third-order valence-corrected chi connectivity index (χ3v) is 8.00. The van der Waals surface area contributed by atoms with Gasteiger partial charge in [-0.2, -0.15) is 5.26 Å². The fourth-order valence-electron chi connectivity index (χ4n) is 5.65. The zero-order valence-electron chi connectivity index (χ0n) is 22.2. The minimum Gasteiger partial charge on any atom is -0.381 e. The molecule has 5 rings (SSSR count). The van der Waals surface area contributed by atoms with Gasteiger partial charge in [-0.05, 0) is 61.3 Å². The van der Waals surface area contributed by atoms with Crippen LogP contribution in [0.25, 0.3) is 0 Å². The maximum absolute atomic E-state index is 13.4. The number of aldehydes is 1. The molecule has 0 radical (unpaired) electrons. The normalized spacial score (nSPS) is 22.2. The van der Waals surface area contributed by atoms with Crippen molar-refractivity contribution in [2.24, 2.45) is 5.92 Å². The van der Waals surface area contributed by atoms with E-state index in [4.69, 9.17) is 9.47 Å². The molecule has 1 aliphatic carbocycles. The van der Waals surface area contributed by atoms with Crippen molar-refractivity contribution < 1.29 is 23.9 Å². The van der Waals surface area contributed by atoms with Gasteiger partial charge in [0.05, 0.1) is 11.7 Å². The fourth-order valence-corrected chi connectivity index (χ4v) is 5.65. The van der Waals surface area contributed by atoms with Crippen LogP contribution in [0.5, 0.6) is 0 Å². The van der Waals surface area contributed by atoms with Crippen LogP contribution in [0.1, 0.15) is 58.4 Å². The number of carbonyl (C=O) groups excluding carboxylic acids is 3. The average molecular weight is 533 g/mol. The van der Waals surface area contributed by atoms with E-state index < -0.39 is 12.1 Å². The average Bonchev–Trinajstić information content (AvgIpc) is 3.29. The lowest BCUT2D eigenvalue weighted by molar-refractivity contribution is -0.136. The van der Waals surface area contributed by atoms with Crippen LogP contribution in [0.4, 0.5) is 16.4 Å². The van der Waals surface area contributed by atoms with Gasteiger partial charge in [0, 0.05) is 52.0 Å². The Balaban J connectivity index is 1.34. The summed E-state index contributed by atoms with van der Waals surface area (Å²) in [5, 5.41) is 12.4. The lowest BCUT2D eigenvalue weighted by Gasteiger charge is -2.35. The summed E-state index contributed by atoms with van der Waals surface area (Å²) in [6.45, 7) is 1.25. The first-order valence-corrected chi connectivity index (χ1v) is 13.3. The molecule has 204 valence electrons. The van der Waals surface area contributed by atoms with Crippen LogP contribution in [-0.2, 0) is 33.7 Å². The third kappa shape index (κ3) is 5.35. The van der Waals surface area contributed by atoms with Crippen LogP contribution in [0, 0.1) is 17.2 Å². The van der Waals surface area contributed by atoms with E-state index in [9.17, 15) is 19.6 Å². The number of hydrogen-bond acceptors (Lipinski definition) is 8. The van der Waals surface area contributed by atoms with Crippen LogP contribution in [0.15, 0.2) is 18.3 Å². The summed E-state index contributed by atoms with van der Waals surface area (Å²) in [6, 6.07) is 5.41. The van der Waals surface area contributed by atoms with Crippen LogP contribution in [-0.4, -0.2) is 72.6 Å². The highest BCUT2D eigenvalue weighted by Crippen LogP contribution is 2.34. The predicted octanol–water partition coefficient (Wildman–Crippen LogP) is 2.86. The van der Waals surface area contributed by atoms with Crippen molar-refractivity contribution in [3.8, 4) is 6.07 Å². The van der Waals surface area contributed by atoms with Crippen molar-refractivity contribution in [2.45, 2.75) is 57.3 Å². The molecule has 0 aromatic carbocycles. The molecule has 0 spiro atoms. The van der Waals surface area contributed by atoms with E-state index in [-0.39, 0.29) is 24.2 Å². The molecule has 11 heteroatoms. The number of hydrogen-bond donors (Lipinski definition) is 1. The number of nitrogens with zero attached hydrogens (tertiary/aromatic N) is 5. The highest BCUT2D eigenvalue weighted by Gasteiger charge is 2.34. The Kier molecular flexibility index (Phi) is 7.86. The second-order valence-corrected chi connectivity index (χ2v) is 10.2. The molecule has 2 aromatic rings. The number of ether oxygens (including phenoxy) is 2. The number of fused-ring (bicyclic) bond motifs is 1. The van der Waals surface area contributed by atoms with Crippen LogP contribution < -0.4 is 10.2 Å². The van der Waals surface area contributed by atoms with Crippen LogP contribution in [0.2, 0.25) is 0 Å². The first-order valence-electron chi connectivity index (χ1n) is 13.3. The van der Waals surface area contributed by atoms with Crippen molar-refractivity contribution >= 4 is 29.9 Å². The summed E-state index contributed by atoms with van der Waals surface area (Å²) in [7, 11) is 3.22. The molecule has 2 fully saturated rings. The molecule has 1 saturated heterocycles. The van der Waals surface area contributed by atoms with Gasteiger partial charge in [0.25, 0.3) is 5.91 Å². The topological polar surface area (TPSA) is 138 Å². The monoisotopic (exact) mass is 532 g/mol. The Bertz CT molecular complexity index is 1320. The fraction of sp³-hybridized carbons (Fsp3) is 0.500. The number of nitrogens with one attached hydrogen (secondary N) is 1. The quantitative estimate of drug-likeness (QED) is 0.512. The van der Waals surface area contributed by atoms with E-state index in [1.54, 1.807) is 18.1 Å². The molecule has 1 N–H and O–H groups in total. The Morgan fingerprint density at radius 3 is 2.72 bits per heavy atom. The Morgan fingerprint density at radius 1 is 1.21 bits per heavy atom. The first-order chi connectivity index (χ1) is 18.9. The zero-order valence-corrected chi connectivity index (χ0v) is 22.2. The number of likely N-dealkylation sites (tertiary alicyclic amines) is 1. The van der Waals surface area contributed by atoms with Gasteiger partial charge in [-0.3, -0.25) is 19.8 Å². The summed E-state index contributed by atoms with van der Waals surface area (Å²) in [5.41, 5.74) is 3.01. The van der Waals surface area contributed by atoms with Crippen molar-refractivity contribution in [1.29, 1.82) is 5.26 Å². The summed E-state index contributed by atoms with van der Waals surface area (Å²) in [4.78, 5) is 49.9. The summed E-state index contributed by atoms with van der Waals surface area (Å²) < 4.78 is 10.7. The smallest absolute Gasteiger partial charge is 0.328 e. The minimum absolute atomic E-state index is 0.0996. The highest BCUT2D eigenvalue weighted by molar-refractivity contribution is 6.01. The third-order valence-electron chi connectivity index (χ3n) is 8.00. The maximum atomic E-state index is 13.4. The van der Waals surface area contributed by atoms with E-state index in [1.165, 1.54) is 18.2 Å². The summed E-state index contributed by atoms with van der Waals surface area (Å²) in [5.74, 6) is 1.01. The number of methoxy groups -OCH3 is 2. The molecule has 3 amide bonds. The number of amides is 3. The van der Waals surface area contributed by atoms with Gasteiger partial charge in [-0.15, -0.1) is 0 Å². The number of nitriles is 1. The number of aryl methyl sites for hydroxylation is 1. The molecule has 1 saturated carbocycles. The molecule has 3 atom stereocenters. The zero-order chi connectivity index (χ0) is 27.5. The lowest BCUT2D eigenvalue weighted by Crippen LogP contribution is -2.40. The van der Waals surface area contributed by atoms with Crippen molar-refractivity contribution in [2.75, 3.05) is 37.5 Å². The number of anilines is 2. The predicted molar refractivity (Wildman–Crippen MR) is 141 cm³/mol. The highest BCUT2D eigenvalue weighted by atomic mass is 16.5. The second kappa shape index (κ2) is 11.5. The molecule has 0 bridgehead atoms. The molecule has 11 nitrogen and oxygen atoms in total. The standard InChI is InChI=1S/C28H32N6O5/c1-38-23-6-5-17(23)10-19-12-25(30-14-21(19)13-29)32-28(37)34-8-3-4-18-11-20(22(16-35)31-26(18)34)15-33-9-7-24(39-2)27(33)36/h11-12,14,16-17,23-24H,3-10,15H2,1-2H3,(H,30,32,37)/t17-,23+,24+/m0/s1. The van der Waals surface area contributed by atoms with Crippen molar-refractivity contribution in [3.63, 3.8) is 0 Å². The number of carbonyl (C=O) groups is 3. The van der Waals surface area contributed by atoms with E-state index in [1.807, 2.05) is 6.07 Å². The van der Waals surface area contributed by atoms with Gasteiger partial charge >= 0.3 is 6.03 Å². The Morgan fingerprint density at radius 2 is 2.05 bits per heavy atom. The molecule has 39 heavy (non-hydrogen) atoms. The van der Waals surface area contributed by atoms with E-state index >= 15 is 0 Å². The maximum Gasteiger partial charge on any atom is 0.328 e. The number of urea groups is 1. The van der Waals surface area contributed by atoms with Crippen molar-refractivity contribution in [1.82, 2.24) is 14.9 Å². The SMILES string of the molecule is CO[C@@H]1CCN(Cc2cc3c(nc2C=O)N(C(=O)Nc2cc(C[C@@H]4CC[C@H]4OC)c(C#N)cn2)CCC3)C1=O. The van der Waals surface area contributed by atoms with Gasteiger partial charge in [0.15, 0.2) is 6.29 Å². The minimum atomic E-state index is -0.457. The van der Waals surface area contributed by atoms with Gasteiger partial charge in [0.1, 0.15) is 29.5 Å². The summed E-state index contributed by atoms with van der Waals surface area (Å²) in [6.07, 6.45) is 6.62. The van der Waals surface area contributed by atoms with E-state index in [0.717, 1.165) is 30.4 Å².